The van der Waals surface area contributed by atoms with Crippen LogP contribution in [-0.4, -0.2) is 47.1 Å². The van der Waals surface area contributed by atoms with Gasteiger partial charge >= 0.3 is 0 Å². The van der Waals surface area contributed by atoms with Crippen molar-refractivity contribution in [3.05, 3.63) is 23.4 Å². The normalized spacial score (nSPS) is 10.7. The number of hydrogen-bond donors (Lipinski definition) is 2. The van der Waals surface area contributed by atoms with E-state index in [2.05, 4.69) is 10.3 Å². The number of halogens is 1. The number of carbonyl (C=O) groups excluding carboxylic acids is 1. The van der Waals surface area contributed by atoms with Gasteiger partial charge in [0.1, 0.15) is 5.82 Å². The number of aliphatic hydroxyl groups is 1. The fraction of sp³-hybridized carbons (Fsp3) is 0.500. The van der Waals surface area contributed by atoms with Crippen LogP contribution < -0.4 is 5.32 Å². The third-order valence-electron chi connectivity index (χ3n) is 2.32. The van der Waals surface area contributed by atoms with Gasteiger partial charge in [-0.3, -0.25) is 9.69 Å². The summed E-state index contributed by atoms with van der Waals surface area (Å²) in [6.07, 6.45) is 2.42. The lowest BCUT2D eigenvalue weighted by Gasteiger charge is -2.19. The minimum Gasteiger partial charge on any atom is -0.395 e. The number of rotatable bonds is 7. The molecule has 0 fully saturated rings. The average molecular weight is 272 g/mol. The van der Waals surface area contributed by atoms with Crippen LogP contribution in [0.1, 0.15) is 13.3 Å². The maximum absolute atomic E-state index is 11.8. The molecule has 0 radical (unpaired) electrons. The van der Waals surface area contributed by atoms with Crippen LogP contribution in [-0.2, 0) is 4.79 Å². The highest BCUT2D eigenvalue weighted by Gasteiger charge is 2.09. The van der Waals surface area contributed by atoms with Gasteiger partial charge in [-0.2, -0.15) is 0 Å². The van der Waals surface area contributed by atoms with E-state index in [-0.39, 0.29) is 19.1 Å². The zero-order chi connectivity index (χ0) is 13.4. The van der Waals surface area contributed by atoms with E-state index in [1.807, 2.05) is 11.8 Å². The number of hydrogen-bond acceptors (Lipinski definition) is 4. The predicted molar refractivity (Wildman–Crippen MR) is 71.7 cm³/mol. The summed E-state index contributed by atoms with van der Waals surface area (Å²) < 4.78 is 0. The largest absolute Gasteiger partial charge is 0.395 e. The van der Waals surface area contributed by atoms with Crippen LogP contribution in [0.2, 0.25) is 5.02 Å². The fourth-order valence-corrected chi connectivity index (χ4v) is 1.67. The van der Waals surface area contributed by atoms with Crippen molar-refractivity contribution < 1.29 is 9.90 Å². The highest BCUT2D eigenvalue weighted by Crippen LogP contribution is 2.09. The van der Waals surface area contributed by atoms with Gasteiger partial charge in [0.15, 0.2) is 0 Å². The SMILES string of the molecule is CCCN(CCO)CC(=O)Nc1ccc(Cl)cn1. The zero-order valence-electron chi connectivity index (χ0n) is 10.4. The van der Waals surface area contributed by atoms with Crippen LogP contribution >= 0.6 is 11.6 Å². The first-order chi connectivity index (χ1) is 8.65. The molecule has 1 aromatic rings. The van der Waals surface area contributed by atoms with Crippen molar-refractivity contribution in [3.63, 3.8) is 0 Å². The number of amides is 1. The lowest BCUT2D eigenvalue weighted by atomic mass is 10.3. The van der Waals surface area contributed by atoms with Crippen molar-refractivity contribution in [3.8, 4) is 0 Å². The van der Waals surface area contributed by atoms with E-state index in [4.69, 9.17) is 16.7 Å². The Balaban J connectivity index is 2.46. The molecule has 0 aliphatic rings. The number of anilines is 1. The second-order valence-electron chi connectivity index (χ2n) is 3.91. The number of aliphatic hydroxyl groups excluding tert-OH is 1. The molecular weight excluding hydrogens is 254 g/mol. The van der Waals surface area contributed by atoms with E-state index in [0.29, 0.717) is 17.4 Å². The molecule has 0 bridgehead atoms. The molecular formula is C12H18ClN3O2. The van der Waals surface area contributed by atoms with Crippen LogP contribution in [0, 0.1) is 0 Å². The minimum absolute atomic E-state index is 0.0481. The Hall–Kier alpha value is -1.17. The van der Waals surface area contributed by atoms with Gasteiger partial charge in [0, 0.05) is 12.7 Å². The smallest absolute Gasteiger partial charge is 0.239 e. The molecule has 0 unspecified atom stereocenters. The number of aromatic nitrogens is 1. The zero-order valence-corrected chi connectivity index (χ0v) is 11.2. The molecule has 18 heavy (non-hydrogen) atoms. The lowest BCUT2D eigenvalue weighted by molar-refractivity contribution is -0.117. The molecule has 0 saturated heterocycles. The van der Waals surface area contributed by atoms with Crippen molar-refractivity contribution >= 4 is 23.3 Å². The van der Waals surface area contributed by atoms with E-state index in [1.165, 1.54) is 6.20 Å². The topological polar surface area (TPSA) is 65.5 Å². The van der Waals surface area contributed by atoms with E-state index in [1.54, 1.807) is 12.1 Å². The molecule has 0 aromatic carbocycles. The first-order valence-electron chi connectivity index (χ1n) is 5.90. The second kappa shape index (κ2) is 8.02. The molecule has 0 spiro atoms. The number of nitrogens with zero attached hydrogens (tertiary/aromatic N) is 2. The molecule has 1 heterocycles. The third kappa shape index (κ3) is 5.44. The summed E-state index contributed by atoms with van der Waals surface area (Å²) in [6.45, 7) is 3.60. The highest BCUT2D eigenvalue weighted by molar-refractivity contribution is 6.30. The number of nitrogens with one attached hydrogen (secondary N) is 1. The van der Waals surface area contributed by atoms with Crippen molar-refractivity contribution in [2.24, 2.45) is 0 Å². The Morgan fingerprint density at radius 2 is 2.28 bits per heavy atom. The Labute approximate surface area is 112 Å². The monoisotopic (exact) mass is 271 g/mol. The van der Waals surface area contributed by atoms with Crippen molar-refractivity contribution in [2.45, 2.75) is 13.3 Å². The standard InChI is InChI=1S/C12H18ClN3O2/c1-2-5-16(6-7-17)9-12(18)15-11-4-3-10(13)8-14-11/h3-4,8,17H,2,5-7,9H2,1H3,(H,14,15,18). The van der Waals surface area contributed by atoms with E-state index >= 15 is 0 Å². The Kier molecular flexibility index (Phi) is 6.64. The van der Waals surface area contributed by atoms with E-state index in [0.717, 1.165) is 13.0 Å². The number of pyridine rings is 1. The molecule has 5 nitrogen and oxygen atoms in total. The summed E-state index contributed by atoms with van der Waals surface area (Å²) >= 11 is 5.70. The summed E-state index contributed by atoms with van der Waals surface area (Å²) in [5.41, 5.74) is 0. The van der Waals surface area contributed by atoms with Gasteiger partial charge in [-0.1, -0.05) is 18.5 Å². The van der Waals surface area contributed by atoms with Crippen molar-refractivity contribution in [1.82, 2.24) is 9.88 Å². The molecule has 1 amide bonds. The highest BCUT2D eigenvalue weighted by atomic mass is 35.5. The molecule has 0 atom stereocenters. The Morgan fingerprint density at radius 1 is 1.50 bits per heavy atom. The van der Waals surface area contributed by atoms with Crippen LogP contribution in [0.3, 0.4) is 0 Å². The Morgan fingerprint density at radius 3 is 2.83 bits per heavy atom. The van der Waals surface area contributed by atoms with Crippen LogP contribution in [0.4, 0.5) is 5.82 Å². The number of carbonyl (C=O) groups is 1. The maximum Gasteiger partial charge on any atom is 0.239 e. The predicted octanol–water partition coefficient (Wildman–Crippen LogP) is 1.38. The maximum atomic E-state index is 11.8. The average Bonchev–Trinajstić information content (AvgIpc) is 2.33. The quantitative estimate of drug-likeness (QED) is 0.786. The van der Waals surface area contributed by atoms with Crippen molar-refractivity contribution in [1.29, 1.82) is 0 Å². The van der Waals surface area contributed by atoms with Gasteiger partial charge in [-0.25, -0.2) is 4.98 Å². The molecule has 1 rings (SSSR count). The first-order valence-corrected chi connectivity index (χ1v) is 6.28. The fourth-order valence-electron chi connectivity index (χ4n) is 1.56. The molecule has 6 heteroatoms. The van der Waals surface area contributed by atoms with Crippen LogP contribution in [0.25, 0.3) is 0 Å². The molecule has 100 valence electrons. The van der Waals surface area contributed by atoms with Gasteiger partial charge in [-0.05, 0) is 25.1 Å². The Bertz CT molecular complexity index is 364. The summed E-state index contributed by atoms with van der Waals surface area (Å²) in [6, 6.07) is 3.32. The molecule has 0 aliphatic carbocycles. The van der Waals surface area contributed by atoms with Crippen molar-refractivity contribution in [2.75, 3.05) is 31.6 Å². The molecule has 1 aromatic heterocycles. The molecule has 0 saturated carbocycles. The van der Waals surface area contributed by atoms with Gasteiger partial charge in [0.25, 0.3) is 0 Å². The van der Waals surface area contributed by atoms with Crippen LogP contribution in [0.15, 0.2) is 18.3 Å². The first kappa shape index (κ1) is 14.9. The minimum atomic E-state index is -0.147. The third-order valence-corrected chi connectivity index (χ3v) is 2.54. The van der Waals surface area contributed by atoms with Gasteiger partial charge in [0.05, 0.1) is 18.2 Å². The van der Waals surface area contributed by atoms with Gasteiger partial charge in [0.2, 0.25) is 5.91 Å². The van der Waals surface area contributed by atoms with E-state index in [9.17, 15) is 4.79 Å². The van der Waals surface area contributed by atoms with Gasteiger partial charge in [-0.15, -0.1) is 0 Å². The molecule has 0 aliphatic heterocycles. The summed E-state index contributed by atoms with van der Waals surface area (Å²) in [5.74, 6) is 0.330. The lowest BCUT2D eigenvalue weighted by Crippen LogP contribution is -2.35. The summed E-state index contributed by atoms with van der Waals surface area (Å²) in [5, 5.41) is 12.1. The van der Waals surface area contributed by atoms with Gasteiger partial charge < -0.3 is 10.4 Å². The van der Waals surface area contributed by atoms with E-state index < -0.39 is 0 Å². The summed E-state index contributed by atoms with van der Waals surface area (Å²) in [7, 11) is 0. The second-order valence-corrected chi connectivity index (χ2v) is 4.35. The van der Waals surface area contributed by atoms with Crippen LogP contribution in [0.5, 0.6) is 0 Å². The molecule has 2 N–H and O–H groups in total. The summed E-state index contributed by atoms with van der Waals surface area (Å²) in [4.78, 5) is 17.6.